The normalized spacial score (nSPS) is 15.9. The lowest BCUT2D eigenvalue weighted by molar-refractivity contribution is 0.437. The van der Waals surface area contributed by atoms with E-state index in [0.29, 0.717) is 0 Å². The number of aryl methyl sites for hydroxylation is 1. The van der Waals surface area contributed by atoms with E-state index in [2.05, 4.69) is 63.9 Å². The van der Waals surface area contributed by atoms with Crippen LogP contribution in [0.1, 0.15) is 31.6 Å². The number of fused-ring (bicyclic) bond motifs is 1. The molecule has 130 valence electrons. The number of rotatable bonds is 3. The summed E-state index contributed by atoms with van der Waals surface area (Å²) in [6.07, 6.45) is 5.23. The summed E-state index contributed by atoms with van der Waals surface area (Å²) in [5.74, 6) is 1.93. The highest BCUT2D eigenvalue weighted by molar-refractivity contribution is 9.10. The predicted octanol–water partition coefficient (Wildman–Crippen LogP) is 5.92. The monoisotopic (exact) mass is 415 g/mol. The SMILES string of the molecule is CCc1sc2ncnc(N3CCC(C)CC3)c2c1-c1ccc(Br)cc1. The lowest BCUT2D eigenvalue weighted by Crippen LogP contribution is -2.33. The van der Waals surface area contributed by atoms with Crippen molar-refractivity contribution in [2.24, 2.45) is 5.92 Å². The average molecular weight is 416 g/mol. The van der Waals surface area contributed by atoms with Gasteiger partial charge in [0.1, 0.15) is 17.0 Å². The van der Waals surface area contributed by atoms with Crippen molar-refractivity contribution in [1.29, 1.82) is 0 Å². The van der Waals surface area contributed by atoms with Gasteiger partial charge in [-0.3, -0.25) is 0 Å². The molecule has 4 rings (SSSR count). The second kappa shape index (κ2) is 7.04. The summed E-state index contributed by atoms with van der Waals surface area (Å²) in [6, 6.07) is 8.62. The standard InChI is InChI=1S/C20H22BrN3S/c1-3-16-17(14-4-6-15(21)7-5-14)18-19(22-12-23-20(18)25-16)24-10-8-13(2)9-11-24/h4-7,12-13H,3,8-11H2,1-2H3. The number of nitrogens with zero attached hydrogens (tertiary/aromatic N) is 3. The zero-order valence-corrected chi connectivity index (χ0v) is 17.0. The minimum atomic E-state index is 0.813. The van der Waals surface area contributed by atoms with Gasteiger partial charge in [-0.25, -0.2) is 9.97 Å². The molecular formula is C20H22BrN3S. The number of aromatic nitrogens is 2. The Hall–Kier alpha value is -1.46. The molecule has 0 aliphatic carbocycles. The summed E-state index contributed by atoms with van der Waals surface area (Å²) in [4.78, 5) is 14.3. The molecule has 1 aromatic carbocycles. The van der Waals surface area contributed by atoms with Crippen molar-refractivity contribution >= 4 is 43.3 Å². The Kier molecular flexibility index (Phi) is 4.78. The van der Waals surface area contributed by atoms with Gasteiger partial charge < -0.3 is 4.90 Å². The first-order valence-corrected chi connectivity index (χ1v) is 10.6. The molecule has 0 radical (unpaired) electrons. The van der Waals surface area contributed by atoms with Gasteiger partial charge in [0, 0.05) is 28.0 Å². The number of piperidine rings is 1. The zero-order valence-electron chi connectivity index (χ0n) is 14.6. The maximum Gasteiger partial charge on any atom is 0.141 e. The van der Waals surface area contributed by atoms with Crippen LogP contribution in [-0.2, 0) is 6.42 Å². The first-order valence-electron chi connectivity index (χ1n) is 8.94. The van der Waals surface area contributed by atoms with Gasteiger partial charge >= 0.3 is 0 Å². The average Bonchev–Trinajstić information content (AvgIpc) is 3.02. The van der Waals surface area contributed by atoms with Crippen molar-refractivity contribution in [2.75, 3.05) is 18.0 Å². The molecule has 1 aliphatic heterocycles. The van der Waals surface area contributed by atoms with E-state index in [1.807, 2.05) is 11.3 Å². The van der Waals surface area contributed by atoms with E-state index in [4.69, 9.17) is 4.98 Å². The highest BCUT2D eigenvalue weighted by Crippen LogP contribution is 2.42. The van der Waals surface area contributed by atoms with Gasteiger partial charge in [0.25, 0.3) is 0 Å². The van der Waals surface area contributed by atoms with Gasteiger partial charge in [0.15, 0.2) is 0 Å². The minimum Gasteiger partial charge on any atom is -0.356 e. The summed E-state index contributed by atoms with van der Waals surface area (Å²) < 4.78 is 1.11. The smallest absolute Gasteiger partial charge is 0.141 e. The van der Waals surface area contributed by atoms with E-state index in [1.165, 1.54) is 34.2 Å². The maximum atomic E-state index is 4.72. The summed E-state index contributed by atoms with van der Waals surface area (Å²) in [6.45, 7) is 6.75. The highest BCUT2D eigenvalue weighted by atomic mass is 79.9. The van der Waals surface area contributed by atoms with Crippen LogP contribution in [0.15, 0.2) is 35.1 Å². The number of halogens is 1. The molecule has 0 spiro atoms. The van der Waals surface area contributed by atoms with Crippen molar-refractivity contribution in [3.63, 3.8) is 0 Å². The fourth-order valence-electron chi connectivity index (χ4n) is 3.59. The topological polar surface area (TPSA) is 29.0 Å². The van der Waals surface area contributed by atoms with Crippen LogP contribution in [-0.4, -0.2) is 23.1 Å². The van der Waals surface area contributed by atoms with Crippen molar-refractivity contribution in [1.82, 2.24) is 9.97 Å². The molecule has 1 aliphatic rings. The van der Waals surface area contributed by atoms with Gasteiger partial charge in [0.05, 0.1) is 5.39 Å². The molecule has 5 heteroatoms. The van der Waals surface area contributed by atoms with Crippen LogP contribution in [0.5, 0.6) is 0 Å². The molecule has 3 nitrogen and oxygen atoms in total. The number of hydrogen-bond acceptors (Lipinski definition) is 4. The molecule has 0 amide bonds. The Morgan fingerprint density at radius 1 is 1.16 bits per heavy atom. The molecule has 0 unspecified atom stereocenters. The lowest BCUT2D eigenvalue weighted by atomic mass is 9.98. The predicted molar refractivity (Wildman–Crippen MR) is 111 cm³/mol. The van der Waals surface area contributed by atoms with Crippen molar-refractivity contribution in [3.05, 3.63) is 39.9 Å². The fraction of sp³-hybridized carbons (Fsp3) is 0.400. The minimum absolute atomic E-state index is 0.813. The fourth-order valence-corrected chi connectivity index (χ4v) is 4.95. The molecule has 0 saturated carbocycles. The van der Waals surface area contributed by atoms with Crippen molar-refractivity contribution < 1.29 is 0 Å². The van der Waals surface area contributed by atoms with Crippen LogP contribution in [0.4, 0.5) is 5.82 Å². The Morgan fingerprint density at radius 2 is 1.88 bits per heavy atom. The molecule has 0 bridgehead atoms. The molecule has 1 fully saturated rings. The number of hydrogen-bond donors (Lipinski definition) is 0. The van der Waals surface area contributed by atoms with E-state index in [9.17, 15) is 0 Å². The first-order chi connectivity index (χ1) is 12.2. The summed E-state index contributed by atoms with van der Waals surface area (Å²) in [5.41, 5.74) is 2.58. The quantitative estimate of drug-likeness (QED) is 0.531. The van der Waals surface area contributed by atoms with Gasteiger partial charge in [0.2, 0.25) is 0 Å². The van der Waals surface area contributed by atoms with Gasteiger partial charge in [-0.2, -0.15) is 0 Å². The van der Waals surface area contributed by atoms with Crippen LogP contribution in [0, 0.1) is 5.92 Å². The Labute approximate surface area is 161 Å². The molecular weight excluding hydrogens is 394 g/mol. The van der Waals surface area contributed by atoms with E-state index in [0.717, 1.165) is 40.5 Å². The van der Waals surface area contributed by atoms with Crippen LogP contribution in [0.2, 0.25) is 0 Å². The second-order valence-corrected chi connectivity index (χ2v) is 8.81. The Bertz CT molecular complexity index is 880. The Balaban J connectivity index is 1.90. The largest absolute Gasteiger partial charge is 0.356 e. The van der Waals surface area contributed by atoms with E-state index in [-0.39, 0.29) is 0 Å². The number of anilines is 1. The summed E-state index contributed by atoms with van der Waals surface area (Å²) >= 11 is 5.36. The number of thiophene rings is 1. The molecule has 0 atom stereocenters. The highest BCUT2D eigenvalue weighted by Gasteiger charge is 2.23. The van der Waals surface area contributed by atoms with Crippen LogP contribution >= 0.6 is 27.3 Å². The van der Waals surface area contributed by atoms with E-state index >= 15 is 0 Å². The molecule has 3 heterocycles. The van der Waals surface area contributed by atoms with E-state index < -0.39 is 0 Å². The van der Waals surface area contributed by atoms with Gasteiger partial charge in [-0.05, 0) is 42.9 Å². The molecule has 0 N–H and O–H groups in total. The lowest BCUT2D eigenvalue weighted by Gasteiger charge is -2.31. The zero-order chi connectivity index (χ0) is 17.4. The third kappa shape index (κ3) is 3.20. The van der Waals surface area contributed by atoms with Gasteiger partial charge in [-0.15, -0.1) is 11.3 Å². The molecule has 3 aromatic rings. The van der Waals surface area contributed by atoms with Gasteiger partial charge in [-0.1, -0.05) is 41.9 Å². The Morgan fingerprint density at radius 3 is 2.56 bits per heavy atom. The third-order valence-corrected chi connectivity index (χ3v) is 6.85. The van der Waals surface area contributed by atoms with Crippen LogP contribution in [0.25, 0.3) is 21.3 Å². The molecule has 1 saturated heterocycles. The van der Waals surface area contributed by atoms with E-state index in [1.54, 1.807) is 6.33 Å². The maximum absolute atomic E-state index is 4.72. The third-order valence-electron chi connectivity index (χ3n) is 5.08. The van der Waals surface area contributed by atoms with Crippen molar-refractivity contribution in [3.8, 4) is 11.1 Å². The summed E-state index contributed by atoms with van der Waals surface area (Å²) in [7, 11) is 0. The molecule has 25 heavy (non-hydrogen) atoms. The molecule has 2 aromatic heterocycles. The van der Waals surface area contributed by atoms with Crippen LogP contribution < -0.4 is 4.90 Å². The second-order valence-electron chi connectivity index (χ2n) is 6.81. The van der Waals surface area contributed by atoms with Crippen molar-refractivity contribution in [2.45, 2.75) is 33.1 Å². The number of benzene rings is 1. The van der Waals surface area contributed by atoms with Crippen LogP contribution in [0.3, 0.4) is 0 Å². The summed E-state index contributed by atoms with van der Waals surface area (Å²) in [5, 5.41) is 1.24. The first kappa shape index (κ1) is 17.0.